The molecule has 0 aromatic heterocycles. The van der Waals surface area contributed by atoms with E-state index >= 15 is 0 Å². The van der Waals surface area contributed by atoms with Crippen molar-refractivity contribution in [3.05, 3.63) is 29.0 Å². The van der Waals surface area contributed by atoms with Crippen LogP contribution in [0.1, 0.15) is 0 Å². The third-order valence-corrected chi connectivity index (χ3v) is 4.19. The normalized spacial score (nSPS) is 13.6. The molecular weight excluding hydrogens is 269 g/mol. The van der Waals surface area contributed by atoms with E-state index in [0.717, 1.165) is 18.2 Å². The highest BCUT2D eigenvalue weighted by molar-refractivity contribution is 7.91. The number of hydrogen-bond donors (Lipinski definition) is 1. The summed E-state index contributed by atoms with van der Waals surface area (Å²) in [4.78, 5) is -0.0459. The zero-order valence-electron chi connectivity index (χ0n) is 9.19. The van der Waals surface area contributed by atoms with E-state index in [1.807, 2.05) is 0 Å². The van der Waals surface area contributed by atoms with Crippen molar-refractivity contribution in [2.24, 2.45) is 5.73 Å². The fourth-order valence-electron chi connectivity index (χ4n) is 1.31. The van der Waals surface area contributed by atoms with Crippen LogP contribution in [0.15, 0.2) is 23.1 Å². The summed E-state index contributed by atoms with van der Waals surface area (Å²) in [6, 6.07) is 2.62. The lowest BCUT2D eigenvalue weighted by Gasteiger charge is -2.11. The van der Waals surface area contributed by atoms with Crippen LogP contribution in [0.2, 0.25) is 5.02 Å². The second kappa shape index (κ2) is 5.77. The van der Waals surface area contributed by atoms with Crippen LogP contribution in [-0.4, -0.2) is 33.9 Å². The average Bonchev–Trinajstić information content (AvgIpc) is 2.21. The lowest BCUT2D eigenvalue weighted by molar-refractivity contribution is 0.186. The van der Waals surface area contributed by atoms with Crippen LogP contribution in [0, 0.1) is 5.82 Å². The van der Waals surface area contributed by atoms with Crippen LogP contribution < -0.4 is 5.73 Å². The minimum Gasteiger partial charge on any atom is -0.383 e. The molecule has 1 aromatic rings. The molecule has 0 radical (unpaired) electrons. The van der Waals surface area contributed by atoms with Crippen LogP contribution >= 0.6 is 11.6 Å². The Labute approximate surface area is 104 Å². The predicted molar refractivity (Wildman–Crippen MR) is 63.3 cm³/mol. The second-order valence-corrected chi connectivity index (χ2v) is 6.01. The minimum absolute atomic E-state index is 0.0459. The number of sulfone groups is 1. The molecule has 1 rings (SSSR count). The molecule has 0 amide bonds. The molecule has 0 aliphatic carbocycles. The van der Waals surface area contributed by atoms with Gasteiger partial charge >= 0.3 is 0 Å². The van der Waals surface area contributed by atoms with Crippen LogP contribution in [0.25, 0.3) is 0 Å². The average molecular weight is 282 g/mol. The Morgan fingerprint density at radius 3 is 2.71 bits per heavy atom. The summed E-state index contributed by atoms with van der Waals surface area (Å²) in [5, 5.41) is -0.230. The third kappa shape index (κ3) is 3.92. The minimum atomic E-state index is -3.58. The standard InChI is InChI=1S/C10H13ClFNO3S/c1-16-5-7(13)6-17(14,15)8-2-3-10(12)9(11)4-8/h2-4,7H,5-6,13H2,1H3. The molecule has 0 aliphatic rings. The topological polar surface area (TPSA) is 69.4 Å². The van der Waals surface area contributed by atoms with Crippen LogP contribution in [-0.2, 0) is 14.6 Å². The number of ether oxygens (including phenoxy) is 1. The fourth-order valence-corrected chi connectivity index (χ4v) is 2.98. The van der Waals surface area contributed by atoms with Crippen molar-refractivity contribution in [3.8, 4) is 0 Å². The van der Waals surface area contributed by atoms with Gasteiger partial charge in [0.05, 0.1) is 22.3 Å². The van der Waals surface area contributed by atoms with Crippen molar-refractivity contribution >= 4 is 21.4 Å². The van der Waals surface area contributed by atoms with Crippen molar-refractivity contribution in [2.75, 3.05) is 19.5 Å². The SMILES string of the molecule is COCC(N)CS(=O)(=O)c1ccc(F)c(Cl)c1. The molecule has 0 bridgehead atoms. The van der Waals surface area contributed by atoms with Gasteiger partial charge in [-0.15, -0.1) is 0 Å². The molecule has 1 atom stereocenters. The first-order valence-electron chi connectivity index (χ1n) is 4.79. The summed E-state index contributed by atoms with van der Waals surface area (Å²) < 4.78 is 41.4. The van der Waals surface area contributed by atoms with Gasteiger partial charge in [0.2, 0.25) is 0 Å². The van der Waals surface area contributed by atoms with E-state index in [4.69, 9.17) is 22.1 Å². The van der Waals surface area contributed by atoms with E-state index < -0.39 is 21.7 Å². The summed E-state index contributed by atoms with van der Waals surface area (Å²) in [5.74, 6) is -0.935. The second-order valence-electron chi connectivity index (χ2n) is 3.57. The number of halogens is 2. The van der Waals surface area contributed by atoms with Gasteiger partial charge in [-0.05, 0) is 18.2 Å². The maximum atomic E-state index is 12.9. The first kappa shape index (κ1) is 14.4. The highest BCUT2D eigenvalue weighted by Crippen LogP contribution is 2.20. The molecule has 7 heteroatoms. The Hall–Kier alpha value is -0.690. The smallest absolute Gasteiger partial charge is 0.180 e. The lowest BCUT2D eigenvalue weighted by Crippen LogP contribution is -2.33. The molecular formula is C10H13ClFNO3S. The van der Waals surface area contributed by atoms with E-state index in [9.17, 15) is 12.8 Å². The van der Waals surface area contributed by atoms with Crippen LogP contribution in [0.4, 0.5) is 4.39 Å². The lowest BCUT2D eigenvalue weighted by atomic mass is 10.3. The van der Waals surface area contributed by atoms with Crippen LogP contribution in [0.5, 0.6) is 0 Å². The van der Waals surface area contributed by atoms with Gasteiger partial charge < -0.3 is 10.5 Å². The highest BCUT2D eigenvalue weighted by atomic mass is 35.5. The number of rotatable bonds is 5. The number of methoxy groups -OCH3 is 1. The van der Waals surface area contributed by atoms with Gasteiger partial charge in [0, 0.05) is 13.2 Å². The Morgan fingerprint density at radius 1 is 1.53 bits per heavy atom. The van der Waals surface area contributed by atoms with Crippen molar-refractivity contribution in [1.29, 1.82) is 0 Å². The van der Waals surface area contributed by atoms with E-state index in [1.165, 1.54) is 7.11 Å². The van der Waals surface area contributed by atoms with E-state index in [-0.39, 0.29) is 22.3 Å². The van der Waals surface area contributed by atoms with Gasteiger partial charge in [0.25, 0.3) is 0 Å². The molecule has 1 unspecified atom stereocenters. The van der Waals surface area contributed by atoms with E-state index in [2.05, 4.69) is 0 Å². The molecule has 0 saturated carbocycles. The summed E-state index contributed by atoms with van der Waals surface area (Å²) in [6.07, 6.45) is 0. The maximum absolute atomic E-state index is 12.9. The molecule has 0 spiro atoms. The van der Waals surface area contributed by atoms with E-state index in [0.29, 0.717) is 0 Å². The fraction of sp³-hybridized carbons (Fsp3) is 0.400. The number of benzene rings is 1. The van der Waals surface area contributed by atoms with Crippen molar-refractivity contribution in [1.82, 2.24) is 0 Å². The maximum Gasteiger partial charge on any atom is 0.180 e. The van der Waals surface area contributed by atoms with Gasteiger partial charge in [-0.3, -0.25) is 0 Å². The number of hydrogen-bond acceptors (Lipinski definition) is 4. The van der Waals surface area contributed by atoms with Crippen molar-refractivity contribution in [2.45, 2.75) is 10.9 Å². The quantitative estimate of drug-likeness (QED) is 0.824. The van der Waals surface area contributed by atoms with Gasteiger partial charge in [-0.1, -0.05) is 11.6 Å². The first-order chi connectivity index (χ1) is 7.86. The zero-order chi connectivity index (χ0) is 13.1. The first-order valence-corrected chi connectivity index (χ1v) is 6.82. The molecule has 17 heavy (non-hydrogen) atoms. The van der Waals surface area contributed by atoms with Crippen molar-refractivity contribution < 1.29 is 17.5 Å². The van der Waals surface area contributed by atoms with Gasteiger partial charge in [0.1, 0.15) is 5.82 Å². The third-order valence-electron chi connectivity index (χ3n) is 2.06. The van der Waals surface area contributed by atoms with Gasteiger partial charge in [-0.25, -0.2) is 12.8 Å². The molecule has 0 heterocycles. The molecule has 96 valence electrons. The number of nitrogens with two attached hydrogens (primary N) is 1. The molecule has 2 N–H and O–H groups in total. The summed E-state index contributed by atoms with van der Waals surface area (Å²) in [7, 11) is -2.15. The van der Waals surface area contributed by atoms with Gasteiger partial charge in [-0.2, -0.15) is 0 Å². The van der Waals surface area contributed by atoms with Crippen LogP contribution in [0.3, 0.4) is 0 Å². The zero-order valence-corrected chi connectivity index (χ0v) is 10.8. The Morgan fingerprint density at radius 2 is 2.18 bits per heavy atom. The largest absolute Gasteiger partial charge is 0.383 e. The Bertz CT molecular complexity index is 492. The Balaban J connectivity index is 2.93. The molecule has 1 aromatic carbocycles. The Kier molecular flexibility index (Phi) is 4.88. The predicted octanol–water partition coefficient (Wildman–Crippen LogP) is 1.23. The van der Waals surface area contributed by atoms with E-state index in [1.54, 1.807) is 0 Å². The molecule has 0 saturated heterocycles. The molecule has 0 fully saturated rings. The molecule has 4 nitrogen and oxygen atoms in total. The van der Waals surface area contributed by atoms with Crippen molar-refractivity contribution in [3.63, 3.8) is 0 Å². The monoisotopic (exact) mass is 281 g/mol. The summed E-state index contributed by atoms with van der Waals surface area (Å²) in [5.41, 5.74) is 5.56. The summed E-state index contributed by atoms with van der Waals surface area (Å²) in [6.45, 7) is 0.133. The highest BCUT2D eigenvalue weighted by Gasteiger charge is 2.19. The van der Waals surface area contributed by atoms with Gasteiger partial charge in [0.15, 0.2) is 9.84 Å². The molecule has 0 aliphatic heterocycles. The summed E-state index contributed by atoms with van der Waals surface area (Å²) >= 11 is 5.52.